The Balaban J connectivity index is 0.820. The number of hydrogen-bond donors (Lipinski definition) is 0. The number of rotatable bonds is 13. The maximum Gasteiger partial charge on any atom is 0.256 e. The van der Waals surface area contributed by atoms with Gasteiger partial charge in [-0.15, -0.1) is 11.3 Å². The van der Waals surface area contributed by atoms with E-state index in [1.165, 1.54) is 4.70 Å². The molecule has 252 valence electrons. The molecule has 3 aliphatic rings. The molecule has 11 heteroatoms. The van der Waals surface area contributed by atoms with Crippen molar-refractivity contribution < 1.29 is 23.7 Å². The molecule has 1 atom stereocenters. The number of ether oxygens (including phenoxy) is 4. The topological polar surface area (TPSA) is 89.0 Å². The fourth-order valence-corrected chi connectivity index (χ4v) is 7.67. The number of carbonyl (C=O) groups is 1. The van der Waals surface area contributed by atoms with Crippen molar-refractivity contribution in [3.05, 3.63) is 60.2 Å². The maximum atomic E-state index is 13.1. The van der Waals surface area contributed by atoms with Gasteiger partial charge in [-0.2, -0.15) is 0 Å². The maximum absolute atomic E-state index is 13.1. The summed E-state index contributed by atoms with van der Waals surface area (Å²) in [5.74, 6) is 2.73. The van der Waals surface area contributed by atoms with E-state index >= 15 is 0 Å². The number of amides is 1. The van der Waals surface area contributed by atoms with Crippen LogP contribution in [0.3, 0.4) is 0 Å². The van der Waals surface area contributed by atoms with E-state index in [9.17, 15) is 4.79 Å². The second-order valence-electron chi connectivity index (χ2n) is 12.4. The lowest BCUT2D eigenvalue weighted by Gasteiger charge is -2.34. The van der Waals surface area contributed by atoms with Crippen LogP contribution in [0.5, 0.6) is 23.0 Å². The number of aliphatic imine (C=N–C) groups is 1. The minimum Gasteiger partial charge on any atom is -0.493 e. The number of nitrogens with zero attached hydrogens (tertiary/aromatic N) is 5. The molecule has 0 radical (unpaired) electrons. The van der Waals surface area contributed by atoms with Gasteiger partial charge in [0.05, 0.1) is 54.9 Å². The Kier molecular flexibility index (Phi) is 10.1. The van der Waals surface area contributed by atoms with Crippen LogP contribution in [0.4, 0.5) is 5.69 Å². The number of piperazine rings is 1. The molecule has 0 spiro atoms. The summed E-state index contributed by atoms with van der Waals surface area (Å²) in [5.41, 5.74) is 3.29. The number of carbonyl (C=O) groups excluding carboxylic acids is 1. The van der Waals surface area contributed by atoms with E-state index < -0.39 is 0 Å². The van der Waals surface area contributed by atoms with Crippen LogP contribution in [0.1, 0.15) is 36.0 Å². The second-order valence-corrected chi connectivity index (χ2v) is 13.5. The molecule has 2 fully saturated rings. The average Bonchev–Trinajstić information content (AvgIpc) is 3.76. The molecule has 7 rings (SSSR count). The van der Waals surface area contributed by atoms with Gasteiger partial charge in [0.2, 0.25) is 0 Å². The Morgan fingerprint density at radius 2 is 1.52 bits per heavy atom. The van der Waals surface area contributed by atoms with Gasteiger partial charge in [0.25, 0.3) is 5.91 Å². The zero-order chi connectivity index (χ0) is 32.9. The summed E-state index contributed by atoms with van der Waals surface area (Å²) in [4.78, 5) is 29.4. The minimum atomic E-state index is 0.0217. The first kappa shape index (κ1) is 32.4. The predicted octanol–water partition coefficient (Wildman–Crippen LogP) is 6.16. The Morgan fingerprint density at radius 3 is 2.25 bits per heavy atom. The van der Waals surface area contributed by atoms with E-state index in [4.69, 9.17) is 23.9 Å². The molecule has 10 nitrogen and oxygen atoms in total. The molecule has 3 aromatic carbocycles. The Bertz CT molecular complexity index is 1740. The van der Waals surface area contributed by atoms with Crippen LogP contribution in [-0.4, -0.2) is 111 Å². The smallest absolute Gasteiger partial charge is 0.256 e. The molecule has 0 N–H and O–H groups in total. The van der Waals surface area contributed by atoms with Gasteiger partial charge in [-0.05, 0) is 62.1 Å². The molecule has 0 saturated carbocycles. The number of benzene rings is 3. The average molecular weight is 670 g/mol. The number of methoxy groups -OCH3 is 2. The van der Waals surface area contributed by atoms with Crippen molar-refractivity contribution in [2.24, 2.45) is 4.99 Å². The van der Waals surface area contributed by atoms with E-state index in [2.05, 4.69) is 26.9 Å². The third-order valence-electron chi connectivity index (χ3n) is 9.38. The van der Waals surface area contributed by atoms with Crippen LogP contribution in [0.15, 0.2) is 59.6 Å². The van der Waals surface area contributed by atoms with Gasteiger partial charge < -0.3 is 33.6 Å². The van der Waals surface area contributed by atoms with Crippen molar-refractivity contribution in [3.8, 4) is 33.6 Å². The van der Waals surface area contributed by atoms with E-state index in [0.717, 1.165) is 99.1 Å². The van der Waals surface area contributed by atoms with Crippen molar-refractivity contribution in [1.29, 1.82) is 0 Å². The lowest BCUT2D eigenvalue weighted by molar-refractivity contribution is 0.0774. The van der Waals surface area contributed by atoms with Crippen molar-refractivity contribution >= 4 is 39.4 Å². The van der Waals surface area contributed by atoms with Crippen LogP contribution in [0.25, 0.3) is 20.8 Å². The second kappa shape index (κ2) is 14.9. The lowest BCUT2D eigenvalue weighted by atomic mass is 10.1. The van der Waals surface area contributed by atoms with E-state index in [1.807, 2.05) is 47.5 Å². The molecule has 4 heterocycles. The Morgan fingerprint density at radius 1 is 0.812 bits per heavy atom. The summed E-state index contributed by atoms with van der Waals surface area (Å²) in [6, 6.07) is 18.0. The highest BCUT2D eigenvalue weighted by Gasteiger charge is 2.32. The first-order chi connectivity index (χ1) is 23.6. The zero-order valence-corrected chi connectivity index (χ0v) is 28.5. The van der Waals surface area contributed by atoms with Gasteiger partial charge >= 0.3 is 0 Å². The minimum absolute atomic E-state index is 0.0217. The van der Waals surface area contributed by atoms with Crippen LogP contribution in [0.2, 0.25) is 0 Å². The Hall–Kier alpha value is -4.19. The molecule has 3 aliphatic heterocycles. The summed E-state index contributed by atoms with van der Waals surface area (Å²) in [7, 11) is 3.30. The predicted molar refractivity (Wildman–Crippen MR) is 190 cm³/mol. The fourth-order valence-electron chi connectivity index (χ4n) is 6.71. The van der Waals surface area contributed by atoms with Gasteiger partial charge in [0.1, 0.15) is 5.01 Å². The highest BCUT2D eigenvalue weighted by atomic mass is 32.1. The van der Waals surface area contributed by atoms with Crippen LogP contribution < -0.4 is 18.9 Å². The number of thiazole rings is 1. The summed E-state index contributed by atoms with van der Waals surface area (Å²) in [6.45, 7) is 8.14. The summed E-state index contributed by atoms with van der Waals surface area (Å²) in [6.07, 6.45) is 5.74. The molecule has 4 aromatic rings. The first-order valence-corrected chi connectivity index (χ1v) is 17.7. The summed E-state index contributed by atoms with van der Waals surface area (Å²) >= 11 is 1.68. The summed E-state index contributed by atoms with van der Waals surface area (Å²) < 4.78 is 24.7. The van der Waals surface area contributed by atoms with Crippen molar-refractivity contribution in [2.75, 3.05) is 73.2 Å². The highest BCUT2D eigenvalue weighted by Crippen LogP contribution is 2.39. The first-order valence-electron chi connectivity index (χ1n) is 16.9. The Labute approximate surface area is 285 Å². The van der Waals surface area contributed by atoms with Crippen LogP contribution in [-0.2, 0) is 0 Å². The molecule has 1 aromatic heterocycles. The monoisotopic (exact) mass is 669 g/mol. The number of hydrogen-bond acceptors (Lipinski definition) is 10. The van der Waals surface area contributed by atoms with E-state index in [-0.39, 0.29) is 11.9 Å². The standard InChI is InChI=1S/C37H43N5O5S/c1-44-32-22-26(36-39-29-9-3-4-10-35(29)48-36)11-12-31(32)46-20-6-13-40-16-18-41(19-17-40)14-7-21-47-34-24-30-28(23-33(34)45-2)37(43)42-15-5-8-27(42)25-38-30/h3-4,9-12,22-25,27H,5-8,13-21H2,1-2H3. The van der Waals surface area contributed by atoms with Crippen LogP contribution >= 0.6 is 11.3 Å². The number of para-hydroxylation sites is 1. The van der Waals surface area contributed by atoms with E-state index in [0.29, 0.717) is 36.0 Å². The quantitative estimate of drug-likeness (QED) is 0.157. The fraction of sp³-hybridized carbons (Fsp3) is 0.432. The molecular weight excluding hydrogens is 627 g/mol. The largest absolute Gasteiger partial charge is 0.493 e. The molecule has 0 bridgehead atoms. The SMILES string of the molecule is COc1cc(-c2nc3ccccc3s2)ccc1OCCCN1CCN(CCCOc2cc3c(cc2OC)C(=O)N2CCCC2C=N3)CC1. The number of fused-ring (bicyclic) bond motifs is 3. The molecule has 1 unspecified atom stereocenters. The normalized spacial score (nSPS) is 18.1. The van der Waals surface area contributed by atoms with Crippen molar-refractivity contribution in [2.45, 2.75) is 31.7 Å². The third kappa shape index (κ3) is 7.13. The summed E-state index contributed by atoms with van der Waals surface area (Å²) in [5, 5.41) is 0.979. The number of aromatic nitrogens is 1. The van der Waals surface area contributed by atoms with Gasteiger partial charge in [0.15, 0.2) is 23.0 Å². The molecule has 0 aliphatic carbocycles. The van der Waals surface area contributed by atoms with Gasteiger partial charge in [-0.1, -0.05) is 12.1 Å². The third-order valence-corrected chi connectivity index (χ3v) is 10.5. The van der Waals surface area contributed by atoms with Crippen molar-refractivity contribution in [3.63, 3.8) is 0 Å². The highest BCUT2D eigenvalue weighted by molar-refractivity contribution is 7.21. The van der Waals surface area contributed by atoms with Gasteiger partial charge in [0, 0.05) is 63.7 Å². The molecular formula is C37H43N5O5S. The molecule has 2 saturated heterocycles. The zero-order valence-electron chi connectivity index (χ0n) is 27.7. The van der Waals surface area contributed by atoms with Gasteiger partial charge in [-0.3, -0.25) is 9.79 Å². The molecule has 1 amide bonds. The van der Waals surface area contributed by atoms with Crippen LogP contribution in [0, 0.1) is 0 Å². The van der Waals surface area contributed by atoms with E-state index in [1.54, 1.807) is 31.6 Å². The van der Waals surface area contributed by atoms with Crippen molar-refractivity contribution in [1.82, 2.24) is 19.7 Å². The van der Waals surface area contributed by atoms with Gasteiger partial charge in [-0.25, -0.2) is 4.98 Å². The lowest BCUT2D eigenvalue weighted by Crippen LogP contribution is -2.47. The molecule has 48 heavy (non-hydrogen) atoms.